The van der Waals surface area contributed by atoms with Gasteiger partial charge in [0, 0.05) is 15.7 Å². The minimum atomic E-state index is -3.93. The molecule has 0 bridgehead atoms. The number of carbonyl (C=O) groups excluding carboxylic acids is 1. The maximum atomic E-state index is 12.3. The summed E-state index contributed by atoms with van der Waals surface area (Å²) in [5, 5.41) is 2.74. The number of nitrogens with one attached hydrogen (secondary N) is 1. The van der Waals surface area contributed by atoms with E-state index in [2.05, 4.69) is 21.2 Å². The van der Waals surface area contributed by atoms with Gasteiger partial charge < -0.3 is 9.50 Å². The molecule has 0 aromatic heterocycles. The van der Waals surface area contributed by atoms with E-state index in [4.69, 9.17) is 4.18 Å². The van der Waals surface area contributed by atoms with Crippen LogP contribution in [0.1, 0.15) is 10.4 Å². The Kier molecular flexibility index (Phi) is 5.39. The lowest BCUT2D eigenvalue weighted by Crippen LogP contribution is -2.12. The maximum absolute atomic E-state index is 12.3. The zero-order valence-electron chi connectivity index (χ0n) is 13.4. The SMILES string of the molecule is O=C(Nc1ccc(OS(=O)(=O)c2cccc(Br)c2)cc1)c1ccccc1. The van der Waals surface area contributed by atoms with Gasteiger partial charge in [0.15, 0.2) is 0 Å². The molecule has 0 radical (unpaired) electrons. The molecule has 3 aromatic rings. The molecule has 1 amide bonds. The van der Waals surface area contributed by atoms with Gasteiger partial charge in [-0.3, -0.25) is 4.79 Å². The lowest BCUT2D eigenvalue weighted by atomic mass is 10.2. The van der Waals surface area contributed by atoms with E-state index in [1.54, 1.807) is 48.5 Å². The zero-order valence-corrected chi connectivity index (χ0v) is 15.8. The van der Waals surface area contributed by atoms with Gasteiger partial charge in [-0.15, -0.1) is 0 Å². The van der Waals surface area contributed by atoms with E-state index in [9.17, 15) is 13.2 Å². The zero-order chi connectivity index (χ0) is 18.6. The van der Waals surface area contributed by atoms with E-state index in [1.165, 1.54) is 24.3 Å². The molecule has 0 aliphatic rings. The number of hydrogen-bond donors (Lipinski definition) is 1. The Hall–Kier alpha value is -2.64. The molecular weight excluding hydrogens is 418 g/mol. The molecule has 0 atom stereocenters. The van der Waals surface area contributed by atoms with Gasteiger partial charge in [0.1, 0.15) is 10.6 Å². The van der Waals surface area contributed by atoms with Crippen LogP contribution in [0.4, 0.5) is 5.69 Å². The van der Waals surface area contributed by atoms with Crippen LogP contribution >= 0.6 is 15.9 Å². The van der Waals surface area contributed by atoms with E-state index in [-0.39, 0.29) is 16.6 Å². The number of halogens is 1. The Morgan fingerprint density at radius 3 is 2.23 bits per heavy atom. The van der Waals surface area contributed by atoms with Crippen molar-refractivity contribution in [2.75, 3.05) is 5.32 Å². The van der Waals surface area contributed by atoms with Gasteiger partial charge >= 0.3 is 10.1 Å². The Morgan fingerprint density at radius 2 is 1.58 bits per heavy atom. The summed E-state index contributed by atoms with van der Waals surface area (Å²) in [5.74, 6) is -0.0938. The molecule has 7 heteroatoms. The molecule has 3 rings (SSSR count). The average Bonchev–Trinajstić information content (AvgIpc) is 2.64. The van der Waals surface area contributed by atoms with Crippen LogP contribution in [0, 0.1) is 0 Å². The lowest BCUT2D eigenvalue weighted by Gasteiger charge is -2.09. The summed E-state index contributed by atoms with van der Waals surface area (Å²) >= 11 is 3.23. The van der Waals surface area contributed by atoms with Crippen LogP contribution in [0.3, 0.4) is 0 Å². The summed E-state index contributed by atoms with van der Waals surface area (Å²) in [7, 11) is -3.93. The molecule has 0 heterocycles. The summed E-state index contributed by atoms with van der Waals surface area (Å²) in [6.45, 7) is 0. The molecule has 0 spiro atoms. The van der Waals surface area contributed by atoms with Gasteiger partial charge in [-0.25, -0.2) is 0 Å². The number of carbonyl (C=O) groups is 1. The Morgan fingerprint density at radius 1 is 0.885 bits per heavy atom. The predicted octanol–water partition coefficient (Wildman–Crippen LogP) is 4.47. The monoisotopic (exact) mass is 431 g/mol. The van der Waals surface area contributed by atoms with Crippen molar-refractivity contribution in [1.82, 2.24) is 0 Å². The van der Waals surface area contributed by atoms with Gasteiger partial charge in [-0.1, -0.05) is 40.2 Å². The smallest absolute Gasteiger partial charge is 0.339 e. The highest BCUT2D eigenvalue weighted by molar-refractivity contribution is 9.10. The van der Waals surface area contributed by atoms with Gasteiger partial charge in [0.25, 0.3) is 5.91 Å². The van der Waals surface area contributed by atoms with Crippen molar-refractivity contribution in [3.63, 3.8) is 0 Å². The molecule has 0 saturated carbocycles. The molecule has 132 valence electrons. The highest BCUT2D eigenvalue weighted by Gasteiger charge is 2.17. The number of anilines is 1. The van der Waals surface area contributed by atoms with E-state index in [0.29, 0.717) is 15.7 Å². The fourth-order valence-corrected chi connectivity index (χ4v) is 3.71. The molecular formula is C19H14BrNO4S. The van der Waals surface area contributed by atoms with Gasteiger partial charge in [0.05, 0.1) is 0 Å². The highest BCUT2D eigenvalue weighted by atomic mass is 79.9. The highest BCUT2D eigenvalue weighted by Crippen LogP contribution is 2.23. The van der Waals surface area contributed by atoms with Crippen LogP contribution in [0.2, 0.25) is 0 Å². The van der Waals surface area contributed by atoms with Crippen molar-refractivity contribution in [1.29, 1.82) is 0 Å². The summed E-state index contributed by atoms with van der Waals surface area (Å²) in [4.78, 5) is 12.2. The van der Waals surface area contributed by atoms with Crippen molar-refractivity contribution < 1.29 is 17.4 Å². The molecule has 0 fully saturated rings. The van der Waals surface area contributed by atoms with Crippen LogP contribution in [0.15, 0.2) is 88.2 Å². The van der Waals surface area contributed by atoms with Crippen molar-refractivity contribution >= 4 is 37.6 Å². The third-order valence-corrected chi connectivity index (χ3v) is 5.18. The van der Waals surface area contributed by atoms with Crippen molar-refractivity contribution in [2.45, 2.75) is 4.90 Å². The van der Waals surface area contributed by atoms with E-state index in [0.717, 1.165) is 0 Å². The van der Waals surface area contributed by atoms with Crippen LogP contribution in [0.5, 0.6) is 5.75 Å². The second-order valence-corrected chi connectivity index (χ2v) is 7.80. The largest absolute Gasteiger partial charge is 0.379 e. The molecule has 0 aliphatic carbocycles. The van der Waals surface area contributed by atoms with Crippen LogP contribution in [0.25, 0.3) is 0 Å². The van der Waals surface area contributed by atoms with Crippen LogP contribution in [-0.2, 0) is 10.1 Å². The number of hydrogen-bond acceptors (Lipinski definition) is 4. The van der Waals surface area contributed by atoms with Crippen molar-refractivity contribution in [3.8, 4) is 5.75 Å². The second-order valence-electron chi connectivity index (χ2n) is 5.34. The first-order valence-corrected chi connectivity index (χ1v) is 9.81. The molecule has 1 N–H and O–H groups in total. The van der Waals surface area contributed by atoms with E-state index >= 15 is 0 Å². The van der Waals surface area contributed by atoms with Gasteiger partial charge in [0.2, 0.25) is 0 Å². The molecule has 0 aliphatic heterocycles. The minimum absolute atomic E-state index is 0.0494. The van der Waals surface area contributed by atoms with E-state index in [1.807, 2.05) is 6.07 Å². The summed E-state index contributed by atoms with van der Waals surface area (Å²) in [6, 6.07) is 21.2. The Labute approximate surface area is 159 Å². The standard InChI is InChI=1S/C19H14BrNO4S/c20-15-7-4-8-18(13-15)26(23,24)25-17-11-9-16(10-12-17)21-19(22)14-5-2-1-3-6-14/h1-13H,(H,21,22). The molecule has 0 unspecified atom stereocenters. The van der Waals surface area contributed by atoms with Gasteiger partial charge in [-0.2, -0.15) is 8.42 Å². The fraction of sp³-hybridized carbons (Fsp3) is 0. The van der Waals surface area contributed by atoms with Crippen molar-refractivity contribution in [2.24, 2.45) is 0 Å². The van der Waals surface area contributed by atoms with Crippen LogP contribution in [-0.4, -0.2) is 14.3 Å². The summed E-state index contributed by atoms with van der Waals surface area (Å²) < 4.78 is 30.3. The predicted molar refractivity (Wildman–Crippen MR) is 103 cm³/mol. The summed E-state index contributed by atoms with van der Waals surface area (Å²) in [6.07, 6.45) is 0. The average molecular weight is 432 g/mol. The molecule has 0 saturated heterocycles. The first-order chi connectivity index (χ1) is 12.4. The molecule has 5 nitrogen and oxygen atoms in total. The quantitative estimate of drug-likeness (QED) is 0.604. The summed E-state index contributed by atoms with van der Waals surface area (Å²) in [5.41, 5.74) is 1.07. The lowest BCUT2D eigenvalue weighted by molar-refractivity contribution is 0.102. The Balaban J connectivity index is 1.71. The maximum Gasteiger partial charge on any atom is 0.339 e. The van der Waals surface area contributed by atoms with Crippen molar-refractivity contribution in [3.05, 3.63) is 88.9 Å². The minimum Gasteiger partial charge on any atom is -0.379 e. The fourth-order valence-electron chi connectivity index (χ4n) is 2.18. The first kappa shape index (κ1) is 18.2. The third-order valence-electron chi connectivity index (χ3n) is 3.44. The first-order valence-electron chi connectivity index (χ1n) is 7.60. The molecule has 3 aromatic carbocycles. The molecule has 26 heavy (non-hydrogen) atoms. The Bertz CT molecular complexity index is 1020. The van der Waals surface area contributed by atoms with Crippen LogP contribution < -0.4 is 9.50 Å². The number of rotatable bonds is 5. The number of benzene rings is 3. The van der Waals surface area contributed by atoms with E-state index < -0.39 is 10.1 Å². The topological polar surface area (TPSA) is 72.5 Å². The normalized spacial score (nSPS) is 11.0. The third kappa shape index (κ3) is 4.50. The number of amides is 1. The second kappa shape index (κ2) is 7.72. The van der Waals surface area contributed by atoms with Gasteiger partial charge in [-0.05, 0) is 54.6 Å².